The molecule has 0 aliphatic carbocycles. The Labute approximate surface area is 126 Å². The maximum absolute atomic E-state index is 4.36. The van der Waals surface area contributed by atoms with Gasteiger partial charge in [0.15, 0.2) is 5.82 Å². The van der Waals surface area contributed by atoms with Crippen LogP contribution in [0.2, 0.25) is 0 Å². The molecule has 1 heterocycles. The molecule has 6 nitrogen and oxygen atoms in total. The summed E-state index contributed by atoms with van der Waals surface area (Å²) in [6, 6.07) is 7.86. The molecule has 0 aliphatic rings. The summed E-state index contributed by atoms with van der Waals surface area (Å²) in [4.78, 5) is 6.45. The highest BCUT2D eigenvalue weighted by molar-refractivity contribution is 9.10. The van der Waals surface area contributed by atoms with Crippen LogP contribution in [0.5, 0.6) is 0 Å². The quantitative estimate of drug-likeness (QED) is 0.844. The van der Waals surface area contributed by atoms with E-state index in [1.165, 1.54) is 0 Å². The number of benzene rings is 1. The van der Waals surface area contributed by atoms with Crippen LogP contribution in [0.15, 0.2) is 34.9 Å². The van der Waals surface area contributed by atoms with Crippen LogP contribution in [0.4, 0.5) is 17.5 Å². The third-order valence-corrected chi connectivity index (χ3v) is 2.99. The van der Waals surface area contributed by atoms with E-state index in [9.17, 15) is 0 Å². The van der Waals surface area contributed by atoms with Crippen molar-refractivity contribution in [2.24, 2.45) is 0 Å². The molecule has 2 rings (SSSR count). The highest BCUT2D eigenvalue weighted by atomic mass is 79.9. The van der Waals surface area contributed by atoms with Crippen LogP contribution in [-0.4, -0.2) is 47.3 Å². The Morgan fingerprint density at radius 1 is 1.30 bits per heavy atom. The van der Waals surface area contributed by atoms with Gasteiger partial charge in [-0.1, -0.05) is 22.0 Å². The summed E-state index contributed by atoms with van der Waals surface area (Å²) in [5.41, 5.74) is 0.944. The Bertz CT molecular complexity index is 560. The Morgan fingerprint density at radius 2 is 2.15 bits per heavy atom. The number of halogens is 1. The van der Waals surface area contributed by atoms with Gasteiger partial charge in [0.2, 0.25) is 5.95 Å². The summed E-state index contributed by atoms with van der Waals surface area (Å²) in [5.74, 6) is 1.18. The zero-order valence-corrected chi connectivity index (χ0v) is 13.1. The van der Waals surface area contributed by atoms with E-state index in [0.29, 0.717) is 11.8 Å². The average Bonchev–Trinajstić information content (AvgIpc) is 2.39. The largest absolute Gasteiger partial charge is 0.352 e. The minimum atomic E-state index is 0.520. The summed E-state index contributed by atoms with van der Waals surface area (Å²) in [5, 5.41) is 14.2. The Balaban J connectivity index is 1.99. The average molecular weight is 337 g/mol. The Kier molecular flexibility index (Phi) is 5.25. The van der Waals surface area contributed by atoms with Gasteiger partial charge >= 0.3 is 0 Å². The van der Waals surface area contributed by atoms with Crippen molar-refractivity contribution >= 4 is 33.4 Å². The summed E-state index contributed by atoms with van der Waals surface area (Å²) in [6.07, 6.45) is 1.60. The van der Waals surface area contributed by atoms with E-state index in [1.54, 1.807) is 6.20 Å². The van der Waals surface area contributed by atoms with E-state index in [-0.39, 0.29) is 0 Å². The summed E-state index contributed by atoms with van der Waals surface area (Å²) < 4.78 is 1.01. The SMILES string of the molecule is CN(C)CCNc1nncc(Nc2cccc(Br)c2)n1. The molecule has 0 fully saturated rings. The van der Waals surface area contributed by atoms with Crippen molar-refractivity contribution in [3.05, 3.63) is 34.9 Å². The van der Waals surface area contributed by atoms with E-state index in [4.69, 9.17) is 0 Å². The molecule has 1 aromatic heterocycles. The lowest BCUT2D eigenvalue weighted by Gasteiger charge is -2.10. The van der Waals surface area contributed by atoms with Crippen LogP contribution in [0, 0.1) is 0 Å². The van der Waals surface area contributed by atoms with Gasteiger partial charge in [0, 0.05) is 23.2 Å². The summed E-state index contributed by atoms with van der Waals surface area (Å²) in [7, 11) is 4.04. The standard InChI is InChI=1S/C13H17BrN6/c1-20(2)7-6-15-13-18-12(9-16-19-13)17-11-5-3-4-10(14)8-11/h3-5,8-9H,6-7H2,1-2H3,(H2,15,17,18,19). The van der Waals surface area contributed by atoms with Crippen molar-refractivity contribution in [2.75, 3.05) is 37.8 Å². The minimum absolute atomic E-state index is 0.520. The smallest absolute Gasteiger partial charge is 0.244 e. The molecule has 0 radical (unpaired) electrons. The minimum Gasteiger partial charge on any atom is -0.352 e. The fourth-order valence-corrected chi connectivity index (χ4v) is 1.94. The third-order valence-electron chi connectivity index (χ3n) is 2.50. The number of aromatic nitrogens is 3. The number of hydrogen-bond acceptors (Lipinski definition) is 6. The van der Waals surface area contributed by atoms with Crippen molar-refractivity contribution in [3.8, 4) is 0 Å². The predicted octanol–water partition coefficient (Wildman–Crippen LogP) is 2.35. The van der Waals surface area contributed by atoms with Crippen LogP contribution < -0.4 is 10.6 Å². The van der Waals surface area contributed by atoms with E-state index in [2.05, 4.69) is 46.6 Å². The highest BCUT2D eigenvalue weighted by Gasteiger charge is 2.01. The molecule has 0 bridgehead atoms. The second-order valence-corrected chi connectivity index (χ2v) is 5.45. The molecule has 20 heavy (non-hydrogen) atoms. The van der Waals surface area contributed by atoms with Gasteiger partial charge in [-0.25, -0.2) is 0 Å². The first-order chi connectivity index (χ1) is 9.63. The predicted molar refractivity (Wildman–Crippen MR) is 84.3 cm³/mol. The molecule has 0 amide bonds. The van der Waals surface area contributed by atoms with E-state index >= 15 is 0 Å². The number of hydrogen-bond donors (Lipinski definition) is 2. The monoisotopic (exact) mass is 336 g/mol. The number of anilines is 3. The van der Waals surface area contributed by atoms with Gasteiger partial charge in [-0.05, 0) is 32.3 Å². The lowest BCUT2D eigenvalue weighted by Crippen LogP contribution is -2.21. The number of likely N-dealkylation sites (N-methyl/N-ethyl adjacent to an activating group) is 1. The first-order valence-electron chi connectivity index (χ1n) is 6.24. The highest BCUT2D eigenvalue weighted by Crippen LogP contribution is 2.19. The number of nitrogens with one attached hydrogen (secondary N) is 2. The topological polar surface area (TPSA) is 66.0 Å². The molecule has 7 heteroatoms. The second kappa shape index (κ2) is 7.16. The van der Waals surface area contributed by atoms with Gasteiger partial charge in [-0.3, -0.25) is 0 Å². The molecule has 106 valence electrons. The molecular formula is C13H17BrN6. The lowest BCUT2D eigenvalue weighted by molar-refractivity contribution is 0.425. The van der Waals surface area contributed by atoms with Gasteiger partial charge in [0.05, 0.1) is 6.20 Å². The molecule has 0 unspecified atom stereocenters. The summed E-state index contributed by atoms with van der Waals surface area (Å²) in [6.45, 7) is 1.68. The van der Waals surface area contributed by atoms with Crippen molar-refractivity contribution in [1.29, 1.82) is 0 Å². The van der Waals surface area contributed by atoms with Crippen LogP contribution in [0.25, 0.3) is 0 Å². The number of rotatable bonds is 6. The Morgan fingerprint density at radius 3 is 2.90 bits per heavy atom. The van der Waals surface area contributed by atoms with Gasteiger partial charge in [0.1, 0.15) is 0 Å². The Hall–Kier alpha value is -1.73. The maximum Gasteiger partial charge on any atom is 0.244 e. The first kappa shape index (κ1) is 14.7. The van der Waals surface area contributed by atoms with Crippen LogP contribution >= 0.6 is 15.9 Å². The molecule has 0 aliphatic heterocycles. The number of nitrogens with zero attached hydrogens (tertiary/aromatic N) is 4. The molecule has 2 aromatic rings. The van der Waals surface area contributed by atoms with Gasteiger partial charge in [0.25, 0.3) is 0 Å². The van der Waals surface area contributed by atoms with Crippen LogP contribution in [0.1, 0.15) is 0 Å². The fourth-order valence-electron chi connectivity index (χ4n) is 1.54. The molecule has 0 atom stereocenters. The van der Waals surface area contributed by atoms with Crippen molar-refractivity contribution in [2.45, 2.75) is 0 Å². The van der Waals surface area contributed by atoms with Crippen molar-refractivity contribution in [1.82, 2.24) is 20.1 Å². The first-order valence-corrected chi connectivity index (χ1v) is 7.04. The summed E-state index contributed by atoms with van der Waals surface area (Å²) >= 11 is 3.43. The van der Waals surface area contributed by atoms with Crippen LogP contribution in [0.3, 0.4) is 0 Å². The zero-order chi connectivity index (χ0) is 14.4. The maximum atomic E-state index is 4.36. The van der Waals surface area contributed by atoms with Gasteiger partial charge in [-0.15, -0.1) is 5.10 Å². The molecular weight excluding hydrogens is 320 g/mol. The van der Waals surface area contributed by atoms with E-state index in [0.717, 1.165) is 23.2 Å². The van der Waals surface area contributed by atoms with Gasteiger partial charge < -0.3 is 15.5 Å². The van der Waals surface area contributed by atoms with Crippen molar-refractivity contribution in [3.63, 3.8) is 0 Å². The molecule has 2 N–H and O–H groups in total. The molecule has 0 saturated carbocycles. The third kappa shape index (κ3) is 4.75. The molecule has 1 aromatic carbocycles. The van der Waals surface area contributed by atoms with E-state index < -0.39 is 0 Å². The van der Waals surface area contributed by atoms with Gasteiger partial charge in [-0.2, -0.15) is 10.1 Å². The lowest BCUT2D eigenvalue weighted by atomic mass is 10.3. The zero-order valence-electron chi connectivity index (χ0n) is 11.5. The second-order valence-electron chi connectivity index (χ2n) is 4.53. The fraction of sp³-hybridized carbons (Fsp3) is 0.308. The van der Waals surface area contributed by atoms with Crippen molar-refractivity contribution < 1.29 is 0 Å². The molecule has 0 saturated heterocycles. The normalized spacial score (nSPS) is 10.6. The van der Waals surface area contributed by atoms with E-state index in [1.807, 2.05) is 38.4 Å². The van der Waals surface area contributed by atoms with Crippen LogP contribution in [-0.2, 0) is 0 Å². The molecule has 0 spiro atoms.